The van der Waals surface area contributed by atoms with E-state index in [1.807, 2.05) is 30.3 Å². The Morgan fingerprint density at radius 2 is 1.97 bits per heavy atom. The predicted octanol–water partition coefficient (Wildman–Crippen LogP) is 4.77. The van der Waals surface area contributed by atoms with E-state index in [9.17, 15) is 9.59 Å². The smallest absolute Gasteiger partial charge is 0.255 e. The molecule has 0 radical (unpaired) electrons. The van der Waals surface area contributed by atoms with Gasteiger partial charge in [-0.2, -0.15) is 0 Å². The maximum absolute atomic E-state index is 13.2. The van der Waals surface area contributed by atoms with Crippen molar-refractivity contribution in [2.75, 3.05) is 26.3 Å². The van der Waals surface area contributed by atoms with Crippen LogP contribution in [0, 0.1) is 0 Å². The van der Waals surface area contributed by atoms with Crippen LogP contribution >= 0.6 is 11.6 Å². The number of carbonyl (C=O) groups is 2. The van der Waals surface area contributed by atoms with Crippen LogP contribution in [-0.2, 0) is 29.2 Å². The maximum Gasteiger partial charge on any atom is 0.255 e. The maximum atomic E-state index is 13.2. The molecule has 2 aliphatic heterocycles. The summed E-state index contributed by atoms with van der Waals surface area (Å²) in [7, 11) is 0. The number of carbonyl (C=O) groups excluding carboxylic acids is 2. The Balaban J connectivity index is 1.26. The van der Waals surface area contributed by atoms with Crippen LogP contribution in [0.15, 0.2) is 48.6 Å². The summed E-state index contributed by atoms with van der Waals surface area (Å²) >= 11 is 6.58. The lowest BCUT2D eigenvalue weighted by Crippen LogP contribution is -2.40. The van der Waals surface area contributed by atoms with Gasteiger partial charge in [-0.05, 0) is 48.6 Å². The number of Topliss-reactive ketones (excluding diaryl/α,β-unsaturated/α-hetero) is 1. The monoisotopic (exact) mass is 494 g/mol. The molecule has 184 valence electrons. The average Bonchev–Trinajstić information content (AvgIpc) is 3.09. The highest BCUT2D eigenvalue weighted by Crippen LogP contribution is 2.35. The number of hydrogen-bond donors (Lipinski definition) is 0. The fraction of sp³-hybridized carbons (Fsp3) is 0.429. The topological polar surface area (TPSA) is 59.1 Å². The van der Waals surface area contributed by atoms with Gasteiger partial charge in [0.2, 0.25) is 0 Å². The molecule has 6 nitrogen and oxygen atoms in total. The minimum absolute atomic E-state index is 0.0861. The van der Waals surface area contributed by atoms with Crippen LogP contribution in [0.25, 0.3) is 0 Å². The van der Waals surface area contributed by atoms with Crippen LogP contribution in [0.5, 0.6) is 5.75 Å². The Morgan fingerprint density at radius 3 is 2.77 bits per heavy atom. The molecule has 5 rings (SSSR count). The van der Waals surface area contributed by atoms with Gasteiger partial charge in [0.1, 0.15) is 12.4 Å². The molecule has 1 atom stereocenters. The molecular weight excluding hydrogens is 464 g/mol. The molecule has 0 N–H and O–H groups in total. The number of halogens is 1. The Labute approximate surface area is 211 Å². The SMILES string of the molecule is C=C1CCC[C@H](N2Cc3c(OCc4ccc(CN5CCOCC5)c(Cl)c4)cccc3C2=O)C(=O)C1. The van der Waals surface area contributed by atoms with Crippen molar-refractivity contribution in [3.05, 3.63) is 75.8 Å². The van der Waals surface area contributed by atoms with E-state index in [4.69, 9.17) is 21.1 Å². The normalized spacial score (nSPS) is 21.2. The van der Waals surface area contributed by atoms with E-state index in [1.165, 1.54) is 0 Å². The first-order valence-corrected chi connectivity index (χ1v) is 12.7. The summed E-state index contributed by atoms with van der Waals surface area (Å²) in [6, 6.07) is 11.2. The number of hydrogen-bond acceptors (Lipinski definition) is 5. The van der Waals surface area contributed by atoms with Crippen molar-refractivity contribution in [2.24, 2.45) is 0 Å². The molecule has 0 spiro atoms. The summed E-state index contributed by atoms with van der Waals surface area (Å²) in [6.45, 7) is 8.89. The zero-order valence-corrected chi connectivity index (χ0v) is 20.7. The van der Waals surface area contributed by atoms with Crippen LogP contribution in [0.1, 0.15) is 52.7 Å². The molecule has 7 heteroatoms. The first kappa shape index (κ1) is 24.0. The van der Waals surface area contributed by atoms with Crippen molar-refractivity contribution in [3.8, 4) is 5.75 Å². The Bertz CT molecular complexity index is 1140. The van der Waals surface area contributed by atoms with Crippen molar-refractivity contribution in [3.63, 3.8) is 0 Å². The van der Waals surface area contributed by atoms with Gasteiger partial charge in [0, 0.05) is 42.2 Å². The molecule has 0 unspecified atom stereocenters. The van der Waals surface area contributed by atoms with E-state index in [0.717, 1.165) is 73.0 Å². The molecule has 1 aliphatic carbocycles. The molecule has 1 saturated carbocycles. The lowest BCUT2D eigenvalue weighted by molar-refractivity contribution is -0.122. The van der Waals surface area contributed by atoms with Crippen LogP contribution < -0.4 is 4.74 Å². The Kier molecular flexibility index (Phi) is 7.23. The summed E-state index contributed by atoms with van der Waals surface area (Å²) in [4.78, 5) is 30.0. The van der Waals surface area contributed by atoms with E-state index in [2.05, 4.69) is 17.5 Å². The lowest BCUT2D eigenvalue weighted by Gasteiger charge is -2.27. The number of benzene rings is 2. The average molecular weight is 495 g/mol. The number of morpholine rings is 1. The van der Waals surface area contributed by atoms with Gasteiger partial charge in [0.25, 0.3) is 5.91 Å². The minimum atomic E-state index is -0.389. The minimum Gasteiger partial charge on any atom is -0.489 e. The molecule has 1 saturated heterocycles. The number of allylic oxidation sites excluding steroid dienone is 1. The first-order chi connectivity index (χ1) is 17.0. The third-order valence-electron chi connectivity index (χ3n) is 7.14. The second-order valence-electron chi connectivity index (χ2n) is 9.62. The van der Waals surface area contributed by atoms with Crippen molar-refractivity contribution in [1.29, 1.82) is 0 Å². The number of fused-ring (bicyclic) bond motifs is 1. The second kappa shape index (κ2) is 10.5. The van der Waals surface area contributed by atoms with E-state index in [0.29, 0.717) is 37.3 Å². The molecule has 2 aromatic rings. The number of ether oxygens (including phenoxy) is 2. The summed E-state index contributed by atoms with van der Waals surface area (Å²) in [6.07, 6.45) is 2.76. The van der Waals surface area contributed by atoms with Crippen LogP contribution in [-0.4, -0.2) is 53.8 Å². The highest BCUT2D eigenvalue weighted by molar-refractivity contribution is 6.31. The van der Waals surface area contributed by atoms with Gasteiger partial charge in [-0.3, -0.25) is 14.5 Å². The van der Waals surface area contributed by atoms with Gasteiger partial charge in [-0.15, -0.1) is 0 Å². The highest BCUT2D eigenvalue weighted by Gasteiger charge is 2.38. The standard InChI is InChI=1S/C28H31ClN2O4/c1-19-4-2-6-25(26(32)14-19)31-17-23-22(28(31)33)5-3-7-27(23)35-18-20-8-9-21(24(29)15-20)16-30-10-12-34-13-11-30/h3,5,7-9,15,25H,1-2,4,6,10-14,16-18H2/t25-/m0/s1. The lowest BCUT2D eigenvalue weighted by atomic mass is 10.1. The molecule has 1 amide bonds. The first-order valence-electron chi connectivity index (χ1n) is 12.3. The fourth-order valence-electron chi connectivity index (χ4n) is 5.17. The Hall–Kier alpha value is -2.67. The molecule has 2 fully saturated rings. The summed E-state index contributed by atoms with van der Waals surface area (Å²) in [5.41, 5.74) is 4.49. The Morgan fingerprint density at radius 1 is 1.14 bits per heavy atom. The van der Waals surface area contributed by atoms with E-state index < -0.39 is 0 Å². The van der Waals surface area contributed by atoms with E-state index in [1.54, 1.807) is 4.90 Å². The van der Waals surface area contributed by atoms with Crippen molar-refractivity contribution in [2.45, 2.75) is 51.4 Å². The predicted molar refractivity (Wildman–Crippen MR) is 135 cm³/mol. The molecule has 3 aliphatic rings. The van der Waals surface area contributed by atoms with Crippen LogP contribution in [0.3, 0.4) is 0 Å². The van der Waals surface area contributed by atoms with E-state index >= 15 is 0 Å². The summed E-state index contributed by atoms with van der Waals surface area (Å²) in [5, 5.41) is 0.727. The highest BCUT2D eigenvalue weighted by atomic mass is 35.5. The summed E-state index contributed by atoms with van der Waals surface area (Å²) in [5.74, 6) is 0.673. The molecule has 0 bridgehead atoms. The van der Waals surface area contributed by atoms with Crippen LogP contribution in [0.4, 0.5) is 0 Å². The molecule has 0 aromatic heterocycles. The fourth-order valence-corrected chi connectivity index (χ4v) is 5.43. The quantitative estimate of drug-likeness (QED) is 0.427. The van der Waals surface area contributed by atoms with Gasteiger partial charge in [0.05, 0.1) is 25.8 Å². The van der Waals surface area contributed by atoms with Crippen LogP contribution in [0.2, 0.25) is 5.02 Å². The van der Waals surface area contributed by atoms with Crippen molar-refractivity contribution >= 4 is 23.3 Å². The van der Waals surface area contributed by atoms with Gasteiger partial charge in [-0.25, -0.2) is 0 Å². The van der Waals surface area contributed by atoms with Gasteiger partial charge >= 0.3 is 0 Å². The number of amides is 1. The number of nitrogens with zero attached hydrogens (tertiary/aromatic N) is 2. The molecule has 35 heavy (non-hydrogen) atoms. The van der Waals surface area contributed by atoms with Gasteiger partial charge < -0.3 is 14.4 Å². The van der Waals surface area contributed by atoms with Gasteiger partial charge in [0.15, 0.2) is 5.78 Å². The zero-order chi connectivity index (χ0) is 24.4. The third-order valence-corrected chi connectivity index (χ3v) is 7.49. The second-order valence-corrected chi connectivity index (χ2v) is 10.0. The van der Waals surface area contributed by atoms with E-state index in [-0.39, 0.29) is 17.7 Å². The molecular formula is C28H31ClN2O4. The molecule has 2 aromatic carbocycles. The van der Waals surface area contributed by atoms with Crippen molar-refractivity contribution in [1.82, 2.24) is 9.80 Å². The zero-order valence-electron chi connectivity index (χ0n) is 19.9. The molecule has 2 heterocycles. The third kappa shape index (κ3) is 5.30. The largest absolute Gasteiger partial charge is 0.489 e. The number of ketones is 1. The number of rotatable bonds is 6. The summed E-state index contributed by atoms with van der Waals surface area (Å²) < 4.78 is 11.6. The van der Waals surface area contributed by atoms with Crippen molar-refractivity contribution < 1.29 is 19.1 Å². The van der Waals surface area contributed by atoms with Gasteiger partial charge in [-0.1, -0.05) is 42.0 Å².